The highest BCUT2D eigenvalue weighted by atomic mass is 19.1. The molecule has 0 saturated heterocycles. The molecule has 0 fully saturated rings. The highest BCUT2D eigenvalue weighted by Gasteiger charge is 2.07. The maximum absolute atomic E-state index is 13.5. The van der Waals surface area contributed by atoms with Crippen LogP contribution in [0.5, 0.6) is 5.75 Å². The average molecular weight is 399 g/mol. The summed E-state index contributed by atoms with van der Waals surface area (Å²) in [7, 11) is 1.66. The van der Waals surface area contributed by atoms with E-state index in [4.69, 9.17) is 4.74 Å². The quantitative estimate of drug-likeness (QED) is 0.347. The van der Waals surface area contributed by atoms with E-state index in [1.54, 1.807) is 13.2 Å². The molecule has 0 amide bonds. The van der Waals surface area contributed by atoms with Crippen molar-refractivity contribution < 1.29 is 13.5 Å². The molecule has 0 saturated carbocycles. The Labute approximate surface area is 168 Å². The zero-order valence-electron chi connectivity index (χ0n) is 16.1. The second-order valence-corrected chi connectivity index (χ2v) is 6.23. The molecule has 29 heavy (non-hydrogen) atoms. The van der Waals surface area contributed by atoms with Crippen molar-refractivity contribution in [3.05, 3.63) is 83.9 Å². The van der Waals surface area contributed by atoms with Crippen LogP contribution in [-0.2, 0) is 13.1 Å². The molecule has 3 aromatic rings. The zero-order valence-corrected chi connectivity index (χ0v) is 16.1. The van der Waals surface area contributed by atoms with E-state index in [1.165, 1.54) is 11.6 Å². The number of halogens is 2. The first-order valence-corrected chi connectivity index (χ1v) is 9.22. The number of imidazole rings is 1. The van der Waals surface area contributed by atoms with Crippen molar-refractivity contribution in [2.24, 2.45) is 4.99 Å². The van der Waals surface area contributed by atoms with Crippen LogP contribution < -0.4 is 15.4 Å². The molecular formula is C21H23F2N5O. The molecule has 0 radical (unpaired) electrons. The minimum absolute atomic E-state index is 0.0130. The molecule has 0 aliphatic carbocycles. The lowest BCUT2D eigenvalue weighted by Crippen LogP contribution is -2.39. The van der Waals surface area contributed by atoms with Crippen molar-refractivity contribution in [1.82, 2.24) is 20.2 Å². The highest BCUT2D eigenvalue weighted by molar-refractivity contribution is 5.79. The van der Waals surface area contributed by atoms with E-state index in [2.05, 4.69) is 37.3 Å². The molecule has 1 heterocycles. The Morgan fingerprint density at radius 1 is 1.14 bits per heavy atom. The molecule has 0 atom stereocenters. The van der Waals surface area contributed by atoms with Crippen molar-refractivity contribution in [2.75, 3.05) is 20.2 Å². The Bertz CT molecular complexity index is 943. The van der Waals surface area contributed by atoms with Crippen LogP contribution in [0.25, 0.3) is 0 Å². The van der Waals surface area contributed by atoms with Gasteiger partial charge in [-0.2, -0.15) is 0 Å². The van der Waals surface area contributed by atoms with E-state index in [9.17, 15) is 8.78 Å². The number of hydrogen-bond donors (Lipinski definition) is 2. The van der Waals surface area contributed by atoms with Crippen LogP contribution in [0.15, 0.2) is 65.9 Å². The molecule has 0 unspecified atom stereocenters. The Morgan fingerprint density at radius 3 is 2.72 bits per heavy atom. The lowest BCUT2D eigenvalue weighted by molar-refractivity contribution is 0.304. The van der Waals surface area contributed by atoms with Crippen molar-refractivity contribution in [1.29, 1.82) is 0 Å². The first-order valence-electron chi connectivity index (χ1n) is 9.22. The molecule has 0 aliphatic rings. The Balaban J connectivity index is 1.44. The monoisotopic (exact) mass is 399 g/mol. The number of rotatable bonds is 8. The molecule has 3 rings (SSSR count). The van der Waals surface area contributed by atoms with Gasteiger partial charge in [-0.1, -0.05) is 30.3 Å². The summed E-state index contributed by atoms with van der Waals surface area (Å²) in [6.45, 7) is 1.83. The summed E-state index contributed by atoms with van der Waals surface area (Å²) in [5.41, 5.74) is 1.19. The zero-order chi connectivity index (χ0) is 20.5. The van der Waals surface area contributed by atoms with Gasteiger partial charge in [0.2, 0.25) is 0 Å². The van der Waals surface area contributed by atoms with E-state index in [1.807, 2.05) is 24.4 Å². The van der Waals surface area contributed by atoms with Gasteiger partial charge >= 0.3 is 0 Å². The topological polar surface area (TPSA) is 63.5 Å². The van der Waals surface area contributed by atoms with E-state index < -0.39 is 11.6 Å². The fraction of sp³-hybridized carbons (Fsp3) is 0.238. The van der Waals surface area contributed by atoms with Crippen LogP contribution in [0, 0.1) is 11.6 Å². The molecule has 0 spiro atoms. The first-order chi connectivity index (χ1) is 14.2. The molecule has 8 heteroatoms. The number of nitrogens with one attached hydrogen (secondary N) is 2. The van der Waals surface area contributed by atoms with Crippen molar-refractivity contribution in [2.45, 2.75) is 13.1 Å². The first kappa shape index (κ1) is 20.3. The van der Waals surface area contributed by atoms with Gasteiger partial charge < -0.3 is 19.9 Å². The number of aliphatic imine (C=N–C) groups is 1. The molecule has 152 valence electrons. The fourth-order valence-electron chi connectivity index (χ4n) is 2.74. The van der Waals surface area contributed by atoms with Crippen LogP contribution in [-0.4, -0.2) is 35.7 Å². The lowest BCUT2D eigenvalue weighted by atomic mass is 10.2. The van der Waals surface area contributed by atoms with Gasteiger partial charge in [-0.3, -0.25) is 4.99 Å². The summed E-state index contributed by atoms with van der Waals surface area (Å²) < 4.78 is 33.8. The normalized spacial score (nSPS) is 11.3. The number of benzene rings is 2. The number of guanidine groups is 1. The molecule has 0 aliphatic heterocycles. The van der Waals surface area contributed by atoms with Gasteiger partial charge in [0.05, 0.1) is 13.1 Å². The van der Waals surface area contributed by atoms with E-state index >= 15 is 0 Å². The lowest BCUT2D eigenvalue weighted by Gasteiger charge is -2.13. The third-order valence-electron chi connectivity index (χ3n) is 4.18. The Kier molecular flexibility index (Phi) is 7.16. The van der Waals surface area contributed by atoms with Crippen LogP contribution in [0.1, 0.15) is 11.4 Å². The summed E-state index contributed by atoms with van der Waals surface area (Å²) in [5.74, 6) is 0.101. The van der Waals surface area contributed by atoms with Crippen LogP contribution in [0.4, 0.5) is 8.78 Å². The van der Waals surface area contributed by atoms with Crippen molar-refractivity contribution in [3.8, 4) is 5.75 Å². The van der Waals surface area contributed by atoms with Crippen LogP contribution >= 0.6 is 0 Å². The third kappa shape index (κ3) is 6.03. The predicted molar refractivity (Wildman–Crippen MR) is 108 cm³/mol. The third-order valence-corrected chi connectivity index (χ3v) is 4.18. The molecule has 6 nitrogen and oxygen atoms in total. The van der Waals surface area contributed by atoms with Gasteiger partial charge in [0, 0.05) is 32.1 Å². The maximum atomic E-state index is 13.5. The van der Waals surface area contributed by atoms with Crippen molar-refractivity contribution in [3.63, 3.8) is 0 Å². The average Bonchev–Trinajstić information content (AvgIpc) is 3.16. The maximum Gasteiger partial charge on any atom is 0.191 e. The summed E-state index contributed by atoms with van der Waals surface area (Å²) >= 11 is 0. The van der Waals surface area contributed by atoms with Crippen LogP contribution in [0.2, 0.25) is 0 Å². The van der Waals surface area contributed by atoms with Crippen molar-refractivity contribution >= 4 is 5.96 Å². The summed E-state index contributed by atoms with van der Waals surface area (Å²) in [5, 5.41) is 6.27. The number of aromatic nitrogens is 2. The molecule has 1 aromatic heterocycles. The van der Waals surface area contributed by atoms with Gasteiger partial charge in [0.1, 0.15) is 18.2 Å². The largest absolute Gasteiger partial charge is 0.489 e. The summed E-state index contributed by atoms with van der Waals surface area (Å²) in [6, 6.07) is 13.4. The SMILES string of the molecule is CN=C(NCCOc1ccc(F)cc1F)NCc1nccn1Cc1ccccc1. The molecule has 2 N–H and O–H groups in total. The Hall–Kier alpha value is -3.42. The summed E-state index contributed by atoms with van der Waals surface area (Å²) in [6.07, 6.45) is 3.70. The van der Waals surface area contributed by atoms with Gasteiger partial charge in [-0.05, 0) is 17.7 Å². The van der Waals surface area contributed by atoms with Gasteiger partial charge in [0.25, 0.3) is 0 Å². The van der Waals surface area contributed by atoms with Gasteiger partial charge in [0.15, 0.2) is 17.5 Å². The predicted octanol–water partition coefficient (Wildman–Crippen LogP) is 2.95. The molecule has 2 aromatic carbocycles. The van der Waals surface area contributed by atoms with Gasteiger partial charge in [-0.25, -0.2) is 13.8 Å². The highest BCUT2D eigenvalue weighted by Crippen LogP contribution is 2.17. The minimum Gasteiger partial charge on any atom is -0.489 e. The van der Waals surface area contributed by atoms with Crippen LogP contribution in [0.3, 0.4) is 0 Å². The second-order valence-electron chi connectivity index (χ2n) is 6.23. The number of hydrogen-bond acceptors (Lipinski definition) is 3. The van der Waals surface area contributed by atoms with E-state index in [0.717, 1.165) is 24.5 Å². The fourth-order valence-corrected chi connectivity index (χ4v) is 2.74. The number of nitrogens with zero attached hydrogens (tertiary/aromatic N) is 3. The summed E-state index contributed by atoms with van der Waals surface area (Å²) in [4.78, 5) is 8.55. The standard InChI is InChI=1S/C21H23F2N5O/c1-24-21(26-10-12-29-19-8-7-17(22)13-18(19)23)27-14-20-25-9-11-28(20)15-16-5-3-2-4-6-16/h2-9,11,13H,10,12,14-15H2,1H3,(H2,24,26,27). The molecular weight excluding hydrogens is 376 g/mol. The van der Waals surface area contributed by atoms with Gasteiger partial charge in [-0.15, -0.1) is 0 Å². The second kappa shape index (κ2) is 10.2. The molecule has 0 bridgehead atoms. The van der Waals surface area contributed by atoms with E-state index in [0.29, 0.717) is 19.0 Å². The smallest absolute Gasteiger partial charge is 0.191 e. The number of ether oxygens (including phenoxy) is 1. The van der Waals surface area contributed by atoms with E-state index in [-0.39, 0.29) is 12.4 Å². The minimum atomic E-state index is -0.724. The Morgan fingerprint density at radius 2 is 1.97 bits per heavy atom.